The molecule has 0 radical (unpaired) electrons. The molecule has 2 aromatic heterocycles. The van der Waals surface area contributed by atoms with Gasteiger partial charge in [-0.05, 0) is 62.2 Å². The Bertz CT molecular complexity index is 1680. The molecule has 0 fully saturated rings. The fourth-order valence-electron chi connectivity index (χ4n) is 4.11. The molecule has 2 heterocycles. The van der Waals surface area contributed by atoms with Crippen LogP contribution in [0.1, 0.15) is 27.0 Å². The maximum Gasteiger partial charge on any atom is 0.230 e. The maximum absolute atomic E-state index is 14.8. The molecular formula is C28H25F2N3O5S. The van der Waals surface area contributed by atoms with Crippen molar-refractivity contribution in [2.75, 3.05) is 18.6 Å². The van der Waals surface area contributed by atoms with Gasteiger partial charge in [-0.1, -0.05) is 23.8 Å². The van der Waals surface area contributed by atoms with Gasteiger partial charge in [0.2, 0.25) is 15.7 Å². The summed E-state index contributed by atoms with van der Waals surface area (Å²) >= 11 is 0. The quantitative estimate of drug-likeness (QED) is 0.289. The van der Waals surface area contributed by atoms with E-state index in [4.69, 9.17) is 15.2 Å². The SMILES string of the molecule is COc1cc(F)c(-c2ccc(C(=O)CS(=O)(=O)c3cccc(N)n3)c(Oc3c(C)cc(C)cc3C)n2)cc1F. The lowest BCUT2D eigenvalue weighted by atomic mass is 10.1. The van der Waals surface area contributed by atoms with Crippen molar-refractivity contribution >= 4 is 21.4 Å². The number of ketones is 1. The highest BCUT2D eigenvalue weighted by molar-refractivity contribution is 7.92. The summed E-state index contributed by atoms with van der Waals surface area (Å²) in [6.45, 7) is 5.51. The number of rotatable bonds is 8. The van der Waals surface area contributed by atoms with Crippen molar-refractivity contribution in [3.8, 4) is 28.6 Å². The Kier molecular flexibility index (Phi) is 7.64. The van der Waals surface area contributed by atoms with E-state index in [0.717, 1.165) is 28.8 Å². The molecule has 0 spiro atoms. The molecule has 202 valence electrons. The zero-order chi connectivity index (χ0) is 28.5. The van der Waals surface area contributed by atoms with Crippen LogP contribution < -0.4 is 15.2 Å². The van der Waals surface area contributed by atoms with E-state index in [1.807, 2.05) is 19.1 Å². The van der Waals surface area contributed by atoms with Gasteiger partial charge >= 0.3 is 0 Å². The Labute approximate surface area is 224 Å². The van der Waals surface area contributed by atoms with Crippen LogP contribution in [0.25, 0.3) is 11.3 Å². The number of carbonyl (C=O) groups excluding carboxylic acids is 1. The molecule has 2 N–H and O–H groups in total. The summed E-state index contributed by atoms with van der Waals surface area (Å²) in [5.41, 5.74) is 7.64. The first-order valence-corrected chi connectivity index (χ1v) is 13.3. The van der Waals surface area contributed by atoms with Crippen LogP contribution in [0.4, 0.5) is 14.6 Å². The van der Waals surface area contributed by atoms with Gasteiger partial charge < -0.3 is 15.2 Å². The van der Waals surface area contributed by atoms with Crippen LogP contribution in [0.5, 0.6) is 17.4 Å². The molecule has 0 saturated carbocycles. The number of nitrogens with two attached hydrogens (primary N) is 1. The van der Waals surface area contributed by atoms with Crippen molar-refractivity contribution in [3.05, 3.63) is 88.5 Å². The van der Waals surface area contributed by atoms with E-state index in [2.05, 4.69) is 9.97 Å². The highest BCUT2D eigenvalue weighted by Gasteiger charge is 2.26. The van der Waals surface area contributed by atoms with Gasteiger partial charge in [0.05, 0.1) is 18.4 Å². The summed E-state index contributed by atoms with van der Waals surface area (Å²) in [6.07, 6.45) is 0. The van der Waals surface area contributed by atoms with E-state index in [1.54, 1.807) is 13.8 Å². The Morgan fingerprint density at radius 3 is 2.28 bits per heavy atom. The fraction of sp³-hybridized carbons (Fsp3) is 0.179. The molecule has 0 bridgehead atoms. The van der Waals surface area contributed by atoms with Gasteiger partial charge in [-0.15, -0.1) is 0 Å². The lowest BCUT2D eigenvalue weighted by Gasteiger charge is -2.16. The van der Waals surface area contributed by atoms with E-state index < -0.39 is 33.0 Å². The summed E-state index contributed by atoms with van der Waals surface area (Å²) in [6, 6.07) is 12.1. The molecule has 0 atom stereocenters. The molecule has 0 saturated heterocycles. The van der Waals surface area contributed by atoms with Crippen molar-refractivity contribution in [2.45, 2.75) is 25.8 Å². The molecule has 2 aromatic carbocycles. The van der Waals surface area contributed by atoms with Gasteiger partial charge in [-0.2, -0.15) is 0 Å². The van der Waals surface area contributed by atoms with Crippen molar-refractivity contribution in [3.63, 3.8) is 0 Å². The van der Waals surface area contributed by atoms with Gasteiger partial charge in [0, 0.05) is 11.6 Å². The van der Waals surface area contributed by atoms with Gasteiger partial charge in [-0.3, -0.25) is 4.79 Å². The van der Waals surface area contributed by atoms with Gasteiger partial charge in [-0.25, -0.2) is 27.2 Å². The van der Waals surface area contributed by atoms with Crippen molar-refractivity contribution in [1.82, 2.24) is 9.97 Å². The number of hydrogen-bond donors (Lipinski definition) is 1. The zero-order valence-electron chi connectivity index (χ0n) is 21.6. The second kappa shape index (κ2) is 10.8. The van der Waals surface area contributed by atoms with Crippen molar-refractivity contribution in [2.24, 2.45) is 0 Å². The average molecular weight is 554 g/mol. The normalized spacial score (nSPS) is 11.3. The number of halogens is 2. The number of methoxy groups -OCH3 is 1. The number of nitrogens with zero attached hydrogens (tertiary/aromatic N) is 2. The Morgan fingerprint density at radius 2 is 1.64 bits per heavy atom. The number of anilines is 1. The summed E-state index contributed by atoms with van der Waals surface area (Å²) in [7, 11) is -2.96. The lowest BCUT2D eigenvalue weighted by Crippen LogP contribution is -2.19. The number of Topliss-reactive ketones (excluding diaryl/α,β-unsaturated/α-hetero) is 1. The minimum Gasteiger partial charge on any atom is -0.494 e. The Morgan fingerprint density at radius 1 is 0.949 bits per heavy atom. The molecule has 4 rings (SSSR count). The summed E-state index contributed by atoms with van der Waals surface area (Å²) in [4.78, 5) is 21.4. The maximum atomic E-state index is 14.8. The Hall–Kier alpha value is -4.38. The number of ether oxygens (including phenoxy) is 2. The number of benzene rings is 2. The molecule has 0 aliphatic heterocycles. The summed E-state index contributed by atoms with van der Waals surface area (Å²) in [5.74, 6) is -3.59. The summed E-state index contributed by atoms with van der Waals surface area (Å²) < 4.78 is 66.0. The van der Waals surface area contributed by atoms with E-state index in [1.165, 1.54) is 37.4 Å². The minimum absolute atomic E-state index is 0.0161. The number of aromatic nitrogens is 2. The predicted molar refractivity (Wildman–Crippen MR) is 142 cm³/mol. The molecule has 39 heavy (non-hydrogen) atoms. The van der Waals surface area contributed by atoms with Crippen LogP contribution in [0.3, 0.4) is 0 Å². The average Bonchev–Trinajstić information content (AvgIpc) is 2.87. The van der Waals surface area contributed by atoms with E-state index in [-0.39, 0.29) is 39.3 Å². The Balaban J connectivity index is 1.82. The number of pyridine rings is 2. The van der Waals surface area contributed by atoms with Crippen molar-refractivity contribution < 1.29 is 31.5 Å². The zero-order valence-corrected chi connectivity index (χ0v) is 22.4. The number of carbonyl (C=O) groups is 1. The number of hydrogen-bond acceptors (Lipinski definition) is 8. The second-order valence-electron chi connectivity index (χ2n) is 8.93. The van der Waals surface area contributed by atoms with Crippen LogP contribution in [0, 0.1) is 32.4 Å². The number of sulfone groups is 1. The number of aryl methyl sites for hydroxylation is 3. The van der Waals surface area contributed by atoms with Crippen LogP contribution >= 0.6 is 0 Å². The van der Waals surface area contributed by atoms with E-state index in [9.17, 15) is 22.0 Å². The monoisotopic (exact) mass is 553 g/mol. The number of nitrogen functional groups attached to an aromatic ring is 1. The smallest absolute Gasteiger partial charge is 0.230 e. The molecule has 4 aromatic rings. The molecule has 0 amide bonds. The first kappa shape index (κ1) is 27.6. The van der Waals surface area contributed by atoms with Crippen LogP contribution in [-0.4, -0.2) is 37.0 Å². The third-order valence-corrected chi connectivity index (χ3v) is 7.37. The molecule has 11 heteroatoms. The third-order valence-electron chi connectivity index (χ3n) is 5.87. The lowest BCUT2D eigenvalue weighted by molar-refractivity contribution is 0.101. The first-order chi connectivity index (χ1) is 18.4. The largest absolute Gasteiger partial charge is 0.494 e. The first-order valence-electron chi connectivity index (χ1n) is 11.7. The van der Waals surface area contributed by atoms with E-state index >= 15 is 0 Å². The second-order valence-corrected chi connectivity index (χ2v) is 10.9. The van der Waals surface area contributed by atoms with Crippen molar-refractivity contribution in [1.29, 1.82) is 0 Å². The van der Waals surface area contributed by atoms with Gasteiger partial charge in [0.1, 0.15) is 23.1 Å². The van der Waals surface area contributed by atoms with Crippen LogP contribution in [0.2, 0.25) is 0 Å². The van der Waals surface area contributed by atoms with Crippen LogP contribution in [-0.2, 0) is 9.84 Å². The third kappa shape index (κ3) is 5.88. The summed E-state index contributed by atoms with van der Waals surface area (Å²) in [5, 5.41) is -0.357. The predicted octanol–water partition coefficient (Wildman–Crippen LogP) is 5.39. The molecule has 0 aliphatic rings. The highest BCUT2D eigenvalue weighted by Crippen LogP contribution is 2.34. The van der Waals surface area contributed by atoms with Gasteiger partial charge in [0.25, 0.3) is 0 Å². The standard InChI is InChI=1S/C28H25F2N3O5S/c1-15-10-16(2)27(17(3)11-15)38-28-18(23(34)14-39(35,36)26-7-5-6-25(31)33-26)8-9-22(32-28)19-12-21(30)24(37-4)13-20(19)29/h5-13H,14H2,1-4H3,(H2,31,33). The molecular weight excluding hydrogens is 528 g/mol. The minimum atomic E-state index is -4.17. The highest BCUT2D eigenvalue weighted by atomic mass is 32.2. The molecule has 0 aliphatic carbocycles. The topological polar surface area (TPSA) is 121 Å². The molecule has 0 unspecified atom stereocenters. The van der Waals surface area contributed by atoms with Gasteiger partial charge in [0.15, 0.2) is 22.4 Å². The van der Waals surface area contributed by atoms with Crippen LogP contribution in [0.15, 0.2) is 59.6 Å². The van der Waals surface area contributed by atoms with E-state index in [0.29, 0.717) is 5.75 Å². The fourth-order valence-corrected chi connectivity index (χ4v) is 5.29. The molecule has 8 nitrogen and oxygen atoms in total.